The third-order valence-corrected chi connectivity index (χ3v) is 3.37. The summed E-state index contributed by atoms with van der Waals surface area (Å²) < 4.78 is 13.1. The maximum Gasteiger partial charge on any atom is 0.141 e. The van der Waals surface area contributed by atoms with Crippen LogP contribution in [0.25, 0.3) is 0 Å². The standard InChI is InChI=1S/C14H10FNS/c15-14-7-6-13(8-12(14)9-16)17-10-11-4-2-1-3-5-11/h1-8H,10H2. The molecule has 0 N–H and O–H groups in total. The topological polar surface area (TPSA) is 23.8 Å². The molecule has 0 bridgehead atoms. The van der Waals surface area contributed by atoms with Crippen molar-refractivity contribution in [2.24, 2.45) is 0 Å². The van der Waals surface area contributed by atoms with Gasteiger partial charge in [0.1, 0.15) is 11.9 Å². The zero-order chi connectivity index (χ0) is 12.1. The van der Waals surface area contributed by atoms with Gasteiger partial charge in [-0.1, -0.05) is 30.3 Å². The summed E-state index contributed by atoms with van der Waals surface area (Å²) in [5, 5.41) is 8.73. The molecule has 1 nitrogen and oxygen atoms in total. The highest BCUT2D eigenvalue weighted by Crippen LogP contribution is 2.24. The van der Waals surface area contributed by atoms with Crippen LogP contribution in [0, 0.1) is 17.1 Å². The van der Waals surface area contributed by atoms with Crippen LogP contribution >= 0.6 is 11.8 Å². The minimum absolute atomic E-state index is 0.100. The number of rotatable bonds is 3. The SMILES string of the molecule is N#Cc1cc(SCc2ccccc2)ccc1F. The Kier molecular flexibility index (Phi) is 3.79. The van der Waals surface area contributed by atoms with Crippen molar-refractivity contribution in [1.29, 1.82) is 5.26 Å². The predicted molar refractivity (Wildman–Crippen MR) is 67.1 cm³/mol. The average molecular weight is 243 g/mol. The van der Waals surface area contributed by atoms with Crippen molar-refractivity contribution >= 4 is 11.8 Å². The summed E-state index contributed by atoms with van der Waals surface area (Å²) in [6, 6.07) is 16.5. The van der Waals surface area contributed by atoms with Crippen molar-refractivity contribution in [2.75, 3.05) is 0 Å². The van der Waals surface area contributed by atoms with Crippen molar-refractivity contribution in [1.82, 2.24) is 0 Å². The van der Waals surface area contributed by atoms with Crippen LogP contribution in [0.1, 0.15) is 11.1 Å². The molecule has 17 heavy (non-hydrogen) atoms. The molecule has 0 radical (unpaired) electrons. The van der Waals surface area contributed by atoms with Gasteiger partial charge < -0.3 is 0 Å². The maximum absolute atomic E-state index is 13.1. The molecule has 0 aromatic heterocycles. The molecule has 0 amide bonds. The van der Waals surface area contributed by atoms with Crippen LogP contribution in [0.3, 0.4) is 0 Å². The van der Waals surface area contributed by atoms with Gasteiger partial charge in [0.25, 0.3) is 0 Å². The first-order chi connectivity index (χ1) is 8.29. The third kappa shape index (κ3) is 3.08. The number of thioether (sulfide) groups is 1. The van der Waals surface area contributed by atoms with Crippen LogP contribution in [-0.4, -0.2) is 0 Å². The fourth-order valence-corrected chi connectivity index (χ4v) is 2.31. The lowest BCUT2D eigenvalue weighted by Gasteiger charge is -2.02. The fourth-order valence-electron chi connectivity index (χ4n) is 1.42. The molecule has 0 aliphatic heterocycles. The van der Waals surface area contributed by atoms with Gasteiger partial charge in [0, 0.05) is 10.6 Å². The highest BCUT2D eigenvalue weighted by atomic mass is 32.2. The average Bonchev–Trinajstić information content (AvgIpc) is 2.39. The number of benzene rings is 2. The van der Waals surface area contributed by atoms with E-state index in [4.69, 9.17) is 5.26 Å². The summed E-state index contributed by atoms with van der Waals surface area (Å²) in [6.45, 7) is 0. The molecule has 0 heterocycles. The molecule has 0 unspecified atom stereocenters. The van der Waals surface area contributed by atoms with Gasteiger partial charge in [-0.05, 0) is 23.8 Å². The number of nitriles is 1. The number of hydrogen-bond acceptors (Lipinski definition) is 2. The zero-order valence-corrected chi connectivity index (χ0v) is 9.88. The Morgan fingerprint density at radius 3 is 2.59 bits per heavy atom. The first-order valence-electron chi connectivity index (χ1n) is 5.16. The molecule has 0 aliphatic carbocycles. The van der Waals surface area contributed by atoms with Crippen LogP contribution in [0.2, 0.25) is 0 Å². The van der Waals surface area contributed by atoms with Crippen LogP contribution in [-0.2, 0) is 5.75 Å². The zero-order valence-electron chi connectivity index (χ0n) is 9.06. The maximum atomic E-state index is 13.1. The monoisotopic (exact) mass is 243 g/mol. The molecule has 0 spiro atoms. The second-order valence-corrected chi connectivity index (χ2v) is 4.58. The van der Waals surface area contributed by atoms with Gasteiger partial charge in [-0.2, -0.15) is 5.26 Å². The lowest BCUT2D eigenvalue weighted by atomic mass is 10.2. The van der Waals surface area contributed by atoms with E-state index in [-0.39, 0.29) is 5.56 Å². The van der Waals surface area contributed by atoms with Gasteiger partial charge in [0.05, 0.1) is 5.56 Å². The molecule has 3 heteroatoms. The van der Waals surface area contributed by atoms with E-state index in [0.717, 1.165) is 10.6 Å². The minimum Gasteiger partial charge on any atom is -0.206 e. The molecular weight excluding hydrogens is 233 g/mol. The normalized spacial score (nSPS) is 9.88. The Balaban J connectivity index is 2.08. The molecule has 2 aromatic rings. The van der Waals surface area contributed by atoms with E-state index in [0.29, 0.717) is 0 Å². The second kappa shape index (κ2) is 5.51. The van der Waals surface area contributed by atoms with Crippen LogP contribution < -0.4 is 0 Å². The van der Waals surface area contributed by atoms with Gasteiger partial charge in [-0.15, -0.1) is 11.8 Å². The van der Waals surface area contributed by atoms with Crippen molar-refractivity contribution < 1.29 is 4.39 Å². The van der Waals surface area contributed by atoms with Crippen molar-refractivity contribution in [3.05, 3.63) is 65.5 Å². The summed E-state index contributed by atoms with van der Waals surface area (Å²) in [7, 11) is 0. The van der Waals surface area contributed by atoms with Gasteiger partial charge in [0.15, 0.2) is 0 Å². The van der Waals surface area contributed by atoms with Gasteiger partial charge in [0.2, 0.25) is 0 Å². The summed E-state index contributed by atoms with van der Waals surface area (Å²) in [5.74, 6) is 0.355. The number of hydrogen-bond donors (Lipinski definition) is 0. The molecule has 0 saturated carbocycles. The number of nitrogens with zero attached hydrogens (tertiary/aromatic N) is 1. The molecule has 0 fully saturated rings. The Hall–Kier alpha value is -1.79. The van der Waals surface area contributed by atoms with E-state index >= 15 is 0 Å². The van der Waals surface area contributed by atoms with Crippen molar-refractivity contribution in [2.45, 2.75) is 10.6 Å². The Labute approximate surface area is 104 Å². The van der Waals surface area contributed by atoms with E-state index in [1.165, 1.54) is 11.6 Å². The van der Waals surface area contributed by atoms with Crippen molar-refractivity contribution in [3.8, 4) is 6.07 Å². The molecule has 2 rings (SSSR count). The van der Waals surface area contributed by atoms with Crippen LogP contribution in [0.5, 0.6) is 0 Å². The number of halogens is 1. The van der Waals surface area contributed by atoms with Gasteiger partial charge >= 0.3 is 0 Å². The largest absolute Gasteiger partial charge is 0.206 e. The summed E-state index contributed by atoms with van der Waals surface area (Å²) in [6.07, 6.45) is 0. The summed E-state index contributed by atoms with van der Waals surface area (Å²) in [5.41, 5.74) is 1.31. The quantitative estimate of drug-likeness (QED) is 0.761. The lowest BCUT2D eigenvalue weighted by molar-refractivity contribution is 0.622. The molecule has 2 aromatic carbocycles. The Morgan fingerprint density at radius 1 is 1.12 bits per heavy atom. The van der Waals surface area contributed by atoms with E-state index in [9.17, 15) is 4.39 Å². The Morgan fingerprint density at radius 2 is 1.88 bits per heavy atom. The summed E-state index contributed by atoms with van der Waals surface area (Å²) in [4.78, 5) is 0.909. The van der Waals surface area contributed by atoms with Gasteiger partial charge in [-0.25, -0.2) is 4.39 Å². The van der Waals surface area contributed by atoms with Crippen LogP contribution in [0.15, 0.2) is 53.4 Å². The van der Waals surface area contributed by atoms with E-state index in [1.54, 1.807) is 23.9 Å². The second-order valence-electron chi connectivity index (χ2n) is 3.53. The van der Waals surface area contributed by atoms with Crippen LogP contribution in [0.4, 0.5) is 4.39 Å². The van der Waals surface area contributed by atoms with E-state index in [1.807, 2.05) is 36.4 Å². The molecule has 0 saturated heterocycles. The van der Waals surface area contributed by atoms with E-state index < -0.39 is 5.82 Å². The smallest absolute Gasteiger partial charge is 0.141 e. The highest BCUT2D eigenvalue weighted by molar-refractivity contribution is 7.98. The molecule has 84 valence electrons. The van der Waals surface area contributed by atoms with Crippen molar-refractivity contribution in [3.63, 3.8) is 0 Å². The first-order valence-corrected chi connectivity index (χ1v) is 6.14. The molecule has 0 atom stereocenters. The highest BCUT2D eigenvalue weighted by Gasteiger charge is 2.03. The minimum atomic E-state index is -0.462. The lowest BCUT2D eigenvalue weighted by Crippen LogP contribution is -1.85. The Bertz CT molecular complexity index is 546. The fraction of sp³-hybridized carbons (Fsp3) is 0.0714. The summed E-state index contributed by atoms with van der Waals surface area (Å²) >= 11 is 1.59. The molecular formula is C14H10FNS. The predicted octanol–water partition coefficient (Wildman–Crippen LogP) is 3.99. The third-order valence-electron chi connectivity index (χ3n) is 2.31. The molecule has 0 aliphatic rings. The van der Waals surface area contributed by atoms with E-state index in [2.05, 4.69) is 0 Å². The first kappa shape index (κ1) is 11.7. The van der Waals surface area contributed by atoms with Gasteiger partial charge in [-0.3, -0.25) is 0 Å².